The summed E-state index contributed by atoms with van der Waals surface area (Å²) in [5.74, 6) is 1.65. The SMILES string of the molecule is Cc1ccc(OCCN(C)C[C@@H]2CCCOC2)cc1. The van der Waals surface area contributed by atoms with Crippen LogP contribution in [-0.4, -0.2) is 44.9 Å². The van der Waals surface area contributed by atoms with Gasteiger partial charge >= 0.3 is 0 Å². The van der Waals surface area contributed by atoms with E-state index in [1.165, 1.54) is 18.4 Å². The average Bonchev–Trinajstić information content (AvgIpc) is 2.42. The third-order valence-electron chi connectivity index (χ3n) is 3.59. The highest BCUT2D eigenvalue weighted by atomic mass is 16.5. The first-order chi connectivity index (χ1) is 9.24. The van der Waals surface area contributed by atoms with Gasteiger partial charge < -0.3 is 14.4 Å². The molecule has 3 nitrogen and oxygen atoms in total. The van der Waals surface area contributed by atoms with Crippen molar-refractivity contribution in [3.8, 4) is 5.75 Å². The fourth-order valence-electron chi connectivity index (χ4n) is 2.44. The molecule has 1 atom stereocenters. The van der Waals surface area contributed by atoms with Gasteiger partial charge in [-0.25, -0.2) is 0 Å². The van der Waals surface area contributed by atoms with E-state index in [9.17, 15) is 0 Å². The van der Waals surface area contributed by atoms with Gasteiger partial charge in [-0.1, -0.05) is 17.7 Å². The third-order valence-corrected chi connectivity index (χ3v) is 3.59. The Balaban J connectivity index is 1.63. The smallest absolute Gasteiger partial charge is 0.119 e. The van der Waals surface area contributed by atoms with Gasteiger partial charge in [0.25, 0.3) is 0 Å². The molecule has 0 spiro atoms. The molecule has 1 aliphatic rings. The second-order valence-corrected chi connectivity index (χ2v) is 5.51. The molecule has 1 saturated heterocycles. The van der Waals surface area contributed by atoms with E-state index in [2.05, 4.69) is 31.0 Å². The lowest BCUT2D eigenvalue weighted by Gasteiger charge is -2.27. The number of ether oxygens (including phenoxy) is 2. The number of rotatable bonds is 6. The maximum Gasteiger partial charge on any atom is 0.119 e. The van der Waals surface area contributed by atoms with Gasteiger partial charge in [-0.15, -0.1) is 0 Å². The van der Waals surface area contributed by atoms with Crippen LogP contribution in [0.15, 0.2) is 24.3 Å². The normalized spacial score (nSPS) is 19.6. The van der Waals surface area contributed by atoms with E-state index in [4.69, 9.17) is 9.47 Å². The van der Waals surface area contributed by atoms with Crippen LogP contribution in [0, 0.1) is 12.8 Å². The zero-order valence-corrected chi connectivity index (χ0v) is 12.1. The molecule has 1 aromatic rings. The molecular formula is C16H25NO2. The number of likely N-dealkylation sites (N-methyl/N-ethyl adjacent to an activating group) is 1. The fourth-order valence-corrected chi connectivity index (χ4v) is 2.44. The van der Waals surface area contributed by atoms with Crippen LogP contribution in [-0.2, 0) is 4.74 Å². The maximum atomic E-state index is 5.75. The Hall–Kier alpha value is -1.06. The number of hydrogen-bond donors (Lipinski definition) is 0. The van der Waals surface area contributed by atoms with Gasteiger partial charge in [0.05, 0.1) is 6.61 Å². The van der Waals surface area contributed by atoms with Crippen LogP contribution in [0.1, 0.15) is 18.4 Å². The lowest BCUT2D eigenvalue weighted by atomic mass is 10.0. The molecule has 0 amide bonds. The highest BCUT2D eigenvalue weighted by Crippen LogP contribution is 2.14. The van der Waals surface area contributed by atoms with Gasteiger partial charge in [0, 0.05) is 19.7 Å². The molecule has 3 heteroatoms. The largest absolute Gasteiger partial charge is 0.492 e. The number of aryl methyl sites for hydroxylation is 1. The average molecular weight is 263 g/mol. The second kappa shape index (κ2) is 7.51. The Morgan fingerprint density at radius 1 is 1.32 bits per heavy atom. The third kappa shape index (κ3) is 5.21. The first kappa shape index (κ1) is 14.4. The summed E-state index contributed by atoms with van der Waals surface area (Å²) >= 11 is 0. The van der Waals surface area contributed by atoms with Gasteiger partial charge in [-0.3, -0.25) is 0 Å². The molecule has 0 aliphatic carbocycles. The lowest BCUT2D eigenvalue weighted by Crippen LogP contribution is -2.33. The van der Waals surface area contributed by atoms with Crippen molar-refractivity contribution < 1.29 is 9.47 Å². The molecule has 0 radical (unpaired) electrons. The van der Waals surface area contributed by atoms with E-state index in [0.717, 1.165) is 38.7 Å². The molecule has 0 saturated carbocycles. The van der Waals surface area contributed by atoms with E-state index < -0.39 is 0 Å². The van der Waals surface area contributed by atoms with Crippen molar-refractivity contribution in [2.45, 2.75) is 19.8 Å². The van der Waals surface area contributed by atoms with E-state index >= 15 is 0 Å². The Morgan fingerprint density at radius 2 is 2.11 bits per heavy atom. The molecule has 0 aromatic heterocycles. The topological polar surface area (TPSA) is 21.7 Å². The van der Waals surface area contributed by atoms with Gasteiger partial charge in [0.2, 0.25) is 0 Å². The number of hydrogen-bond acceptors (Lipinski definition) is 3. The standard InChI is InChI=1S/C16H25NO2/c1-14-5-7-16(8-6-14)19-11-9-17(2)12-15-4-3-10-18-13-15/h5-8,15H,3-4,9-13H2,1-2H3/t15-/m0/s1. The summed E-state index contributed by atoms with van der Waals surface area (Å²) in [5.41, 5.74) is 1.27. The quantitative estimate of drug-likeness (QED) is 0.787. The van der Waals surface area contributed by atoms with E-state index in [0.29, 0.717) is 5.92 Å². The van der Waals surface area contributed by atoms with Crippen molar-refractivity contribution in [2.75, 3.05) is 40.0 Å². The van der Waals surface area contributed by atoms with Crippen molar-refractivity contribution in [1.82, 2.24) is 4.90 Å². The molecule has 106 valence electrons. The predicted octanol–water partition coefficient (Wildman–Crippen LogP) is 2.73. The first-order valence-corrected chi connectivity index (χ1v) is 7.20. The second-order valence-electron chi connectivity index (χ2n) is 5.51. The van der Waals surface area contributed by atoms with Crippen LogP contribution < -0.4 is 4.74 Å². The number of nitrogens with zero attached hydrogens (tertiary/aromatic N) is 1. The van der Waals surface area contributed by atoms with Crippen LogP contribution in [0.25, 0.3) is 0 Å². The summed E-state index contributed by atoms with van der Waals surface area (Å²) in [4.78, 5) is 2.34. The summed E-state index contributed by atoms with van der Waals surface area (Å²) in [6, 6.07) is 8.23. The first-order valence-electron chi connectivity index (χ1n) is 7.20. The summed E-state index contributed by atoms with van der Waals surface area (Å²) in [7, 11) is 2.16. The van der Waals surface area contributed by atoms with E-state index in [1.807, 2.05) is 12.1 Å². The maximum absolute atomic E-state index is 5.75. The summed E-state index contributed by atoms with van der Waals surface area (Å²) in [6.45, 7) is 6.76. The Bertz CT molecular complexity index is 358. The van der Waals surface area contributed by atoms with Crippen LogP contribution in [0.4, 0.5) is 0 Å². The predicted molar refractivity (Wildman–Crippen MR) is 77.7 cm³/mol. The van der Waals surface area contributed by atoms with Crippen molar-refractivity contribution in [3.63, 3.8) is 0 Å². The summed E-state index contributed by atoms with van der Waals surface area (Å²) < 4.78 is 11.3. The molecule has 1 heterocycles. The minimum absolute atomic E-state index is 0.693. The zero-order chi connectivity index (χ0) is 13.5. The van der Waals surface area contributed by atoms with Crippen molar-refractivity contribution in [2.24, 2.45) is 5.92 Å². The van der Waals surface area contributed by atoms with Crippen LogP contribution in [0.3, 0.4) is 0 Å². The molecule has 19 heavy (non-hydrogen) atoms. The van der Waals surface area contributed by atoms with Crippen LogP contribution in [0.2, 0.25) is 0 Å². The van der Waals surface area contributed by atoms with Crippen LogP contribution >= 0.6 is 0 Å². The molecular weight excluding hydrogens is 238 g/mol. The summed E-state index contributed by atoms with van der Waals surface area (Å²) in [6.07, 6.45) is 2.50. The highest BCUT2D eigenvalue weighted by molar-refractivity contribution is 5.26. The fraction of sp³-hybridized carbons (Fsp3) is 0.625. The lowest BCUT2D eigenvalue weighted by molar-refractivity contribution is 0.0405. The van der Waals surface area contributed by atoms with E-state index in [1.54, 1.807) is 0 Å². The molecule has 0 bridgehead atoms. The monoisotopic (exact) mass is 263 g/mol. The Kier molecular flexibility index (Phi) is 5.67. The van der Waals surface area contributed by atoms with Crippen LogP contribution in [0.5, 0.6) is 5.75 Å². The zero-order valence-electron chi connectivity index (χ0n) is 12.1. The number of benzene rings is 1. The Morgan fingerprint density at radius 3 is 2.79 bits per heavy atom. The van der Waals surface area contributed by atoms with Gasteiger partial charge in [-0.05, 0) is 44.9 Å². The molecule has 1 aromatic carbocycles. The molecule has 2 rings (SSSR count). The Labute approximate surface area is 116 Å². The molecule has 0 unspecified atom stereocenters. The molecule has 0 N–H and O–H groups in total. The minimum Gasteiger partial charge on any atom is -0.492 e. The molecule has 1 aliphatic heterocycles. The highest BCUT2D eigenvalue weighted by Gasteiger charge is 2.15. The van der Waals surface area contributed by atoms with E-state index in [-0.39, 0.29) is 0 Å². The van der Waals surface area contributed by atoms with Gasteiger partial charge in [0.1, 0.15) is 12.4 Å². The minimum atomic E-state index is 0.693. The summed E-state index contributed by atoms with van der Waals surface area (Å²) in [5, 5.41) is 0. The molecule has 1 fully saturated rings. The van der Waals surface area contributed by atoms with Gasteiger partial charge in [-0.2, -0.15) is 0 Å². The van der Waals surface area contributed by atoms with Crippen molar-refractivity contribution in [1.29, 1.82) is 0 Å². The van der Waals surface area contributed by atoms with Crippen molar-refractivity contribution in [3.05, 3.63) is 29.8 Å². The van der Waals surface area contributed by atoms with Gasteiger partial charge in [0.15, 0.2) is 0 Å². The van der Waals surface area contributed by atoms with Crippen molar-refractivity contribution >= 4 is 0 Å².